The van der Waals surface area contributed by atoms with E-state index in [9.17, 15) is 13.9 Å². The minimum atomic E-state index is -2.62. The molecule has 2 aliphatic carbocycles. The molecule has 2 saturated carbocycles. The number of pyridine rings is 2. The molecular weight excluding hydrogens is 382 g/mol. The Hall–Kier alpha value is -2.45. The topological polar surface area (TPSA) is 84.4 Å². The van der Waals surface area contributed by atoms with Crippen molar-refractivity contribution < 1.29 is 13.9 Å². The predicted octanol–water partition coefficient (Wildman–Crippen LogP) is 4.00. The van der Waals surface area contributed by atoms with Crippen LogP contribution in [0.25, 0.3) is 21.5 Å². The van der Waals surface area contributed by atoms with Crippen molar-refractivity contribution >= 4 is 33.6 Å². The predicted molar refractivity (Wildman–Crippen MR) is 106 cm³/mol. The number of nitrogens with two attached hydrogens (primary N) is 1. The van der Waals surface area contributed by atoms with Gasteiger partial charge in [-0.2, -0.15) is 0 Å². The van der Waals surface area contributed by atoms with Crippen LogP contribution in [0.3, 0.4) is 0 Å². The van der Waals surface area contributed by atoms with Crippen LogP contribution in [0.5, 0.6) is 0 Å². The van der Waals surface area contributed by atoms with Crippen LogP contribution in [0.2, 0.25) is 0 Å². The lowest BCUT2D eigenvalue weighted by atomic mass is 9.67. The number of aromatic nitrogens is 2. The van der Waals surface area contributed by atoms with E-state index < -0.39 is 16.9 Å². The molecule has 3 N–H and O–H groups in total. The first-order valence-electron chi connectivity index (χ1n) is 8.95. The van der Waals surface area contributed by atoms with Gasteiger partial charge in [0.05, 0.1) is 5.69 Å². The number of fused-ring (bicyclic) bond motifs is 1. The van der Waals surface area contributed by atoms with Crippen molar-refractivity contribution in [3.05, 3.63) is 40.9 Å². The Kier molecular flexibility index (Phi) is 3.49. The summed E-state index contributed by atoms with van der Waals surface area (Å²) in [6, 6.07) is 7.53. The summed E-state index contributed by atoms with van der Waals surface area (Å²) in [7, 11) is 1.66. The number of thiophene rings is 1. The fraction of sp³-hybridized carbons (Fsp3) is 0.350. The zero-order valence-electron chi connectivity index (χ0n) is 15.1. The second kappa shape index (κ2) is 5.55. The van der Waals surface area contributed by atoms with Crippen LogP contribution in [-0.4, -0.2) is 34.3 Å². The Morgan fingerprint density at radius 3 is 2.68 bits per heavy atom. The smallest absolute Gasteiger partial charge is 0.254 e. The van der Waals surface area contributed by atoms with E-state index in [4.69, 9.17) is 5.73 Å². The Balaban J connectivity index is 1.47. The van der Waals surface area contributed by atoms with Gasteiger partial charge >= 0.3 is 0 Å². The molecule has 3 aromatic heterocycles. The Morgan fingerprint density at radius 1 is 1.25 bits per heavy atom. The molecule has 0 aromatic carbocycles. The molecular formula is C20H18F2N4OS. The third-order valence-electron chi connectivity index (χ3n) is 5.83. The number of aliphatic imine (C=N–C) groups is 1. The molecule has 0 saturated heterocycles. The summed E-state index contributed by atoms with van der Waals surface area (Å²) in [4.78, 5) is 14.3. The number of halogens is 2. The average Bonchev–Trinajstić information content (AvgIpc) is 2.99. The molecule has 3 heterocycles. The van der Waals surface area contributed by atoms with Crippen LogP contribution in [0.1, 0.15) is 29.7 Å². The van der Waals surface area contributed by atoms with Gasteiger partial charge in [0.25, 0.3) is 5.92 Å². The third kappa shape index (κ3) is 2.48. The van der Waals surface area contributed by atoms with Gasteiger partial charge in [0, 0.05) is 52.7 Å². The normalized spacial score (nSPS) is 28.1. The third-order valence-corrected chi connectivity index (χ3v) is 7.07. The summed E-state index contributed by atoms with van der Waals surface area (Å²) in [5, 5.41) is 11.7. The summed E-state index contributed by atoms with van der Waals surface area (Å²) in [6.45, 7) is 0. The van der Waals surface area contributed by atoms with E-state index >= 15 is 0 Å². The lowest BCUT2D eigenvalue weighted by Crippen LogP contribution is -2.44. The monoisotopic (exact) mass is 400 g/mol. The van der Waals surface area contributed by atoms with Crippen LogP contribution >= 0.6 is 11.3 Å². The van der Waals surface area contributed by atoms with Gasteiger partial charge in [-0.15, -0.1) is 11.3 Å². The minimum Gasteiger partial charge on any atom is -0.384 e. The number of rotatable bonds is 3. The Bertz CT molecular complexity index is 1130. The van der Waals surface area contributed by atoms with E-state index in [0.29, 0.717) is 16.3 Å². The summed E-state index contributed by atoms with van der Waals surface area (Å²) in [6.07, 6.45) is 3.43. The van der Waals surface area contributed by atoms with E-state index in [1.165, 1.54) is 11.3 Å². The minimum absolute atomic E-state index is 0.108. The van der Waals surface area contributed by atoms with Crippen LogP contribution in [-0.2, 0) is 5.60 Å². The van der Waals surface area contributed by atoms with Gasteiger partial charge in [0.2, 0.25) is 0 Å². The molecule has 0 radical (unpaired) electrons. The fourth-order valence-corrected chi connectivity index (χ4v) is 5.31. The highest BCUT2D eigenvalue weighted by molar-refractivity contribution is 7.18. The second-order valence-electron chi connectivity index (χ2n) is 7.83. The lowest BCUT2D eigenvalue weighted by molar-refractivity contribution is -0.127. The Labute approximate surface area is 164 Å². The largest absolute Gasteiger partial charge is 0.384 e. The maximum Gasteiger partial charge on any atom is 0.254 e. The molecule has 144 valence electrons. The van der Waals surface area contributed by atoms with E-state index in [1.807, 2.05) is 24.3 Å². The van der Waals surface area contributed by atoms with Crippen LogP contribution < -0.4 is 5.73 Å². The van der Waals surface area contributed by atoms with Gasteiger partial charge in [0.1, 0.15) is 16.2 Å². The number of aliphatic hydroxyl groups is 1. The van der Waals surface area contributed by atoms with Gasteiger partial charge in [0.15, 0.2) is 0 Å². The van der Waals surface area contributed by atoms with E-state index in [0.717, 1.165) is 21.5 Å². The molecule has 1 spiro atoms. The summed E-state index contributed by atoms with van der Waals surface area (Å²) in [5.74, 6) is -2.23. The molecule has 0 unspecified atom stereocenters. The molecule has 2 fully saturated rings. The Morgan fingerprint density at radius 2 is 2.00 bits per heavy atom. The highest BCUT2D eigenvalue weighted by Crippen LogP contribution is 2.76. The van der Waals surface area contributed by atoms with Crippen molar-refractivity contribution in [2.24, 2.45) is 10.4 Å². The molecule has 0 bridgehead atoms. The summed E-state index contributed by atoms with van der Waals surface area (Å²) in [5.41, 5.74) is 5.96. The molecule has 0 amide bonds. The zero-order valence-corrected chi connectivity index (χ0v) is 15.9. The van der Waals surface area contributed by atoms with E-state index in [-0.39, 0.29) is 19.3 Å². The van der Waals surface area contributed by atoms with Crippen molar-refractivity contribution in [2.75, 3.05) is 12.8 Å². The molecule has 5 nitrogen and oxygen atoms in total. The van der Waals surface area contributed by atoms with Crippen molar-refractivity contribution in [3.8, 4) is 11.3 Å². The molecule has 2 aliphatic rings. The van der Waals surface area contributed by atoms with E-state index in [2.05, 4.69) is 15.0 Å². The number of anilines is 1. The first-order valence-corrected chi connectivity index (χ1v) is 9.76. The van der Waals surface area contributed by atoms with Crippen molar-refractivity contribution in [2.45, 2.75) is 30.8 Å². The molecule has 28 heavy (non-hydrogen) atoms. The fourth-order valence-electron chi connectivity index (χ4n) is 4.19. The van der Waals surface area contributed by atoms with Crippen molar-refractivity contribution in [3.63, 3.8) is 0 Å². The number of hydrogen-bond acceptors (Lipinski definition) is 6. The average molecular weight is 400 g/mol. The van der Waals surface area contributed by atoms with E-state index in [1.54, 1.807) is 19.5 Å². The first-order chi connectivity index (χ1) is 13.3. The van der Waals surface area contributed by atoms with Gasteiger partial charge in [-0.1, -0.05) is 0 Å². The van der Waals surface area contributed by atoms with Crippen LogP contribution in [0.4, 0.5) is 14.6 Å². The van der Waals surface area contributed by atoms with Gasteiger partial charge in [-0.25, -0.2) is 18.7 Å². The van der Waals surface area contributed by atoms with Crippen LogP contribution in [0.15, 0.2) is 35.5 Å². The SMILES string of the molecule is CN=Cc1cc(-c2ccc3cc(C4(O)CC5(C4)CC5(F)F)sc3n2)cnc1N. The van der Waals surface area contributed by atoms with Gasteiger partial charge in [-0.05, 0) is 37.1 Å². The summed E-state index contributed by atoms with van der Waals surface area (Å²) < 4.78 is 27.0. The van der Waals surface area contributed by atoms with Gasteiger partial charge in [-0.3, -0.25) is 4.99 Å². The van der Waals surface area contributed by atoms with Crippen molar-refractivity contribution in [1.82, 2.24) is 9.97 Å². The highest BCUT2D eigenvalue weighted by Gasteiger charge is 2.79. The molecule has 0 atom stereocenters. The standard InChI is InChI=1S/C20H18F2N4OS/c1-24-6-13-4-12(7-25-16(13)23)14-3-2-11-5-15(28-17(11)26-14)19(27)8-18(9-19)10-20(18,21)22/h2-7,27H,8-10H2,1H3,(H2,23,25). The lowest BCUT2D eigenvalue weighted by Gasteiger charge is -2.43. The quantitative estimate of drug-likeness (QED) is 0.651. The highest BCUT2D eigenvalue weighted by atomic mass is 32.1. The molecule has 5 rings (SSSR count). The number of hydrogen-bond donors (Lipinski definition) is 2. The molecule has 0 aliphatic heterocycles. The summed E-state index contributed by atoms with van der Waals surface area (Å²) >= 11 is 1.36. The number of nitrogens with zero attached hydrogens (tertiary/aromatic N) is 3. The van der Waals surface area contributed by atoms with Crippen LogP contribution in [0, 0.1) is 5.41 Å². The number of alkyl halides is 2. The maximum atomic E-state index is 13.5. The number of nitrogen functional groups attached to an aromatic ring is 1. The zero-order chi connectivity index (χ0) is 19.7. The first kappa shape index (κ1) is 17.6. The second-order valence-corrected chi connectivity index (χ2v) is 8.86. The molecule has 3 aromatic rings. The van der Waals surface area contributed by atoms with Gasteiger partial charge < -0.3 is 10.8 Å². The van der Waals surface area contributed by atoms with Crippen molar-refractivity contribution in [1.29, 1.82) is 0 Å². The molecule has 8 heteroatoms. The maximum absolute atomic E-state index is 13.5.